The van der Waals surface area contributed by atoms with Crippen molar-refractivity contribution in [1.82, 2.24) is 9.78 Å². The van der Waals surface area contributed by atoms with Gasteiger partial charge in [0.25, 0.3) is 5.91 Å². The number of phenolic OH excluding ortho intramolecular Hbond substituents is 1. The quantitative estimate of drug-likeness (QED) is 0.639. The molecule has 0 aliphatic carbocycles. The Balaban J connectivity index is 2.35. The van der Waals surface area contributed by atoms with Crippen LogP contribution in [-0.4, -0.2) is 20.8 Å². The van der Waals surface area contributed by atoms with E-state index in [1.165, 1.54) is 0 Å². The average molecular weight is 336 g/mol. The number of primary amides is 1. The molecule has 1 amide bonds. The summed E-state index contributed by atoms with van der Waals surface area (Å²) in [6.45, 7) is 3.75. The minimum atomic E-state index is -0.597. The van der Waals surface area contributed by atoms with Crippen LogP contribution in [0.25, 0.3) is 22.3 Å². The Labute approximate surface area is 145 Å². The molecular weight excluding hydrogens is 316 g/mol. The summed E-state index contributed by atoms with van der Waals surface area (Å²) in [7, 11) is 1.82. The van der Waals surface area contributed by atoms with E-state index in [4.69, 9.17) is 11.5 Å². The molecule has 0 unspecified atom stereocenters. The van der Waals surface area contributed by atoms with Gasteiger partial charge in [-0.15, -0.1) is 0 Å². The maximum Gasteiger partial charge on any atom is 0.250 e. The standard InChI is InChI=1S/C19H20N4O2/c1-10-4-5-16(24)11(2)17(10)14-6-12(13-8-22-23(3)9-13)7-15(18(14)20)19(21)25/h4-9,24H,20H2,1-3H3,(H2,21,25). The Kier molecular flexibility index (Phi) is 3.96. The highest BCUT2D eigenvalue weighted by atomic mass is 16.3. The van der Waals surface area contributed by atoms with Crippen molar-refractivity contribution in [3.63, 3.8) is 0 Å². The Bertz CT molecular complexity index is 989. The molecule has 0 radical (unpaired) electrons. The summed E-state index contributed by atoms with van der Waals surface area (Å²) in [5.74, 6) is -0.424. The van der Waals surface area contributed by atoms with Gasteiger partial charge >= 0.3 is 0 Å². The number of nitrogens with zero attached hydrogens (tertiary/aromatic N) is 2. The zero-order chi connectivity index (χ0) is 18.3. The molecule has 0 saturated carbocycles. The molecule has 1 heterocycles. The van der Waals surface area contributed by atoms with Crippen molar-refractivity contribution in [3.05, 3.63) is 53.3 Å². The Morgan fingerprint density at radius 3 is 2.52 bits per heavy atom. The van der Waals surface area contributed by atoms with Crippen molar-refractivity contribution in [2.75, 3.05) is 5.73 Å². The van der Waals surface area contributed by atoms with Gasteiger partial charge in [-0.1, -0.05) is 6.07 Å². The van der Waals surface area contributed by atoms with Crippen molar-refractivity contribution in [2.24, 2.45) is 12.8 Å². The summed E-state index contributed by atoms with van der Waals surface area (Å²) in [6, 6.07) is 7.03. The summed E-state index contributed by atoms with van der Waals surface area (Å²) in [5.41, 5.74) is 17.1. The molecule has 0 spiro atoms. The lowest BCUT2D eigenvalue weighted by atomic mass is 9.89. The smallest absolute Gasteiger partial charge is 0.250 e. The number of carbonyl (C=O) groups is 1. The molecule has 0 atom stereocenters. The second kappa shape index (κ2) is 5.98. The molecule has 0 saturated heterocycles. The highest BCUT2D eigenvalue weighted by Gasteiger charge is 2.19. The van der Waals surface area contributed by atoms with Crippen LogP contribution >= 0.6 is 0 Å². The SMILES string of the molecule is Cc1ccc(O)c(C)c1-c1cc(-c2cnn(C)c2)cc(C(N)=O)c1N. The number of anilines is 1. The molecule has 3 aromatic rings. The van der Waals surface area contributed by atoms with E-state index in [-0.39, 0.29) is 11.3 Å². The van der Waals surface area contributed by atoms with Gasteiger partial charge in [0.15, 0.2) is 0 Å². The number of benzene rings is 2. The second-order valence-corrected chi connectivity index (χ2v) is 6.15. The van der Waals surface area contributed by atoms with E-state index in [2.05, 4.69) is 5.10 Å². The van der Waals surface area contributed by atoms with Crippen LogP contribution in [0.3, 0.4) is 0 Å². The number of amides is 1. The van der Waals surface area contributed by atoms with Crippen molar-refractivity contribution < 1.29 is 9.90 Å². The highest BCUT2D eigenvalue weighted by molar-refractivity contribution is 6.04. The Morgan fingerprint density at radius 1 is 1.20 bits per heavy atom. The van der Waals surface area contributed by atoms with Crippen LogP contribution in [-0.2, 0) is 7.05 Å². The first-order valence-electron chi connectivity index (χ1n) is 7.81. The maximum absolute atomic E-state index is 11.9. The highest BCUT2D eigenvalue weighted by Crippen LogP contribution is 2.39. The Morgan fingerprint density at radius 2 is 1.92 bits per heavy atom. The predicted octanol–water partition coefficient (Wildman–Crippen LogP) is 2.76. The lowest BCUT2D eigenvalue weighted by Crippen LogP contribution is -2.14. The van der Waals surface area contributed by atoms with Gasteiger partial charge in [0, 0.05) is 24.4 Å². The number of hydrogen-bond donors (Lipinski definition) is 3. The van der Waals surface area contributed by atoms with E-state index in [1.54, 1.807) is 23.0 Å². The van der Waals surface area contributed by atoms with Crippen molar-refractivity contribution in [2.45, 2.75) is 13.8 Å². The normalized spacial score (nSPS) is 10.8. The van der Waals surface area contributed by atoms with Crippen LogP contribution < -0.4 is 11.5 Å². The molecule has 1 aromatic heterocycles. The molecule has 3 rings (SSSR count). The van der Waals surface area contributed by atoms with Crippen LogP contribution in [0.15, 0.2) is 36.7 Å². The van der Waals surface area contributed by atoms with Gasteiger partial charge in [-0.25, -0.2) is 0 Å². The van der Waals surface area contributed by atoms with E-state index in [0.29, 0.717) is 16.8 Å². The van der Waals surface area contributed by atoms with Crippen LogP contribution in [0.4, 0.5) is 5.69 Å². The zero-order valence-electron chi connectivity index (χ0n) is 14.4. The third-order valence-electron chi connectivity index (χ3n) is 4.40. The maximum atomic E-state index is 11.9. The number of carbonyl (C=O) groups excluding carboxylic acids is 1. The number of aromatic hydroxyl groups is 1. The lowest BCUT2D eigenvalue weighted by Gasteiger charge is -2.17. The van der Waals surface area contributed by atoms with E-state index in [0.717, 1.165) is 22.3 Å². The molecule has 5 N–H and O–H groups in total. The fourth-order valence-corrected chi connectivity index (χ4v) is 3.05. The fraction of sp³-hybridized carbons (Fsp3) is 0.158. The van der Waals surface area contributed by atoms with Gasteiger partial charge in [0.05, 0.1) is 17.4 Å². The molecule has 2 aromatic carbocycles. The molecule has 0 aliphatic rings. The van der Waals surface area contributed by atoms with Crippen LogP contribution in [0.2, 0.25) is 0 Å². The predicted molar refractivity (Wildman–Crippen MR) is 98.1 cm³/mol. The summed E-state index contributed by atoms with van der Waals surface area (Å²) in [6.07, 6.45) is 3.56. The molecular formula is C19H20N4O2. The lowest BCUT2D eigenvalue weighted by molar-refractivity contribution is 0.100. The average Bonchev–Trinajstić information content (AvgIpc) is 2.99. The topological polar surface area (TPSA) is 107 Å². The van der Waals surface area contributed by atoms with E-state index in [9.17, 15) is 9.90 Å². The first-order valence-corrected chi connectivity index (χ1v) is 7.81. The molecule has 0 fully saturated rings. The number of aryl methyl sites for hydroxylation is 2. The minimum Gasteiger partial charge on any atom is -0.508 e. The molecule has 6 heteroatoms. The van der Waals surface area contributed by atoms with Gasteiger partial charge in [-0.05, 0) is 54.3 Å². The van der Waals surface area contributed by atoms with Gasteiger partial charge in [-0.2, -0.15) is 5.10 Å². The number of aromatic nitrogens is 2. The largest absolute Gasteiger partial charge is 0.508 e. The third kappa shape index (κ3) is 2.82. The van der Waals surface area contributed by atoms with Gasteiger partial charge in [0.2, 0.25) is 0 Å². The fourth-order valence-electron chi connectivity index (χ4n) is 3.05. The first kappa shape index (κ1) is 16.6. The Hall–Kier alpha value is -3.28. The van der Waals surface area contributed by atoms with Crippen molar-refractivity contribution in [1.29, 1.82) is 0 Å². The van der Waals surface area contributed by atoms with Crippen LogP contribution in [0, 0.1) is 13.8 Å². The summed E-state index contributed by atoms with van der Waals surface area (Å²) < 4.78 is 1.68. The van der Waals surface area contributed by atoms with Crippen molar-refractivity contribution >= 4 is 11.6 Å². The number of hydrogen-bond acceptors (Lipinski definition) is 4. The minimum absolute atomic E-state index is 0.174. The van der Waals surface area contributed by atoms with Gasteiger partial charge in [0.1, 0.15) is 5.75 Å². The van der Waals surface area contributed by atoms with Gasteiger partial charge < -0.3 is 16.6 Å². The molecule has 6 nitrogen and oxygen atoms in total. The summed E-state index contributed by atoms with van der Waals surface area (Å²) in [5, 5.41) is 14.3. The summed E-state index contributed by atoms with van der Waals surface area (Å²) >= 11 is 0. The number of nitrogen functional groups attached to an aromatic ring is 1. The molecule has 0 bridgehead atoms. The van der Waals surface area contributed by atoms with Crippen LogP contribution in [0.5, 0.6) is 5.75 Å². The van der Waals surface area contributed by atoms with E-state index < -0.39 is 5.91 Å². The summed E-state index contributed by atoms with van der Waals surface area (Å²) in [4.78, 5) is 11.9. The molecule has 0 aliphatic heterocycles. The zero-order valence-corrected chi connectivity index (χ0v) is 14.4. The van der Waals surface area contributed by atoms with Crippen LogP contribution in [0.1, 0.15) is 21.5 Å². The van der Waals surface area contributed by atoms with Gasteiger partial charge in [-0.3, -0.25) is 9.48 Å². The van der Waals surface area contributed by atoms with E-state index >= 15 is 0 Å². The molecule has 128 valence electrons. The number of phenols is 1. The monoisotopic (exact) mass is 336 g/mol. The second-order valence-electron chi connectivity index (χ2n) is 6.15. The molecule has 25 heavy (non-hydrogen) atoms. The number of rotatable bonds is 3. The van der Waals surface area contributed by atoms with Crippen molar-refractivity contribution in [3.8, 4) is 28.0 Å². The number of nitrogens with two attached hydrogens (primary N) is 2. The first-order chi connectivity index (χ1) is 11.8. The van der Waals surface area contributed by atoms with E-state index in [1.807, 2.05) is 39.2 Å². The third-order valence-corrected chi connectivity index (χ3v) is 4.40.